The average Bonchev–Trinajstić information content (AvgIpc) is 3.12. The maximum absolute atomic E-state index is 11.8. The fraction of sp³-hybridized carbons (Fsp3) is 0.688. The molecule has 2 N–H and O–H groups in total. The van der Waals surface area contributed by atoms with Crippen molar-refractivity contribution in [1.82, 2.24) is 20.5 Å². The molecule has 24 heavy (non-hydrogen) atoms. The number of nitrogens with zero attached hydrogens (tertiary/aromatic N) is 3. The highest BCUT2D eigenvalue weighted by Gasteiger charge is 2.16. The van der Waals surface area contributed by atoms with Crippen LogP contribution in [0.4, 0.5) is 0 Å². The fourth-order valence-electron chi connectivity index (χ4n) is 2.48. The fourth-order valence-corrected chi connectivity index (χ4v) is 3.35. The lowest BCUT2D eigenvalue weighted by Crippen LogP contribution is -2.42. The van der Waals surface area contributed by atoms with Crippen molar-refractivity contribution in [3.05, 3.63) is 15.6 Å². The Hall–Kier alpha value is -0.900. The first-order valence-electron chi connectivity index (χ1n) is 8.13. The Balaban J connectivity index is 0.00000288. The normalized spacial score (nSPS) is 15.1. The van der Waals surface area contributed by atoms with Crippen molar-refractivity contribution in [2.75, 3.05) is 20.6 Å². The van der Waals surface area contributed by atoms with E-state index < -0.39 is 0 Å². The molecular weight excluding hydrogens is 437 g/mol. The van der Waals surface area contributed by atoms with Gasteiger partial charge in [-0.15, -0.1) is 35.3 Å². The molecule has 0 unspecified atom stereocenters. The van der Waals surface area contributed by atoms with E-state index in [-0.39, 0.29) is 36.4 Å². The zero-order chi connectivity index (χ0) is 16.8. The SMILES string of the molecule is Cc1nc(CNC(=NCC(=O)N(C)C)NC2CCCC2)sc1C.I. The van der Waals surface area contributed by atoms with Crippen LogP contribution in [-0.4, -0.2) is 48.4 Å². The highest BCUT2D eigenvalue weighted by atomic mass is 127. The minimum absolute atomic E-state index is 0. The smallest absolute Gasteiger partial charge is 0.243 e. The Morgan fingerprint density at radius 3 is 2.54 bits per heavy atom. The number of aliphatic imine (C=N–C) groups is 1. The Morgan fingerprint density at radius 2 is 2.00 bits per heavy atom. The highest BCUT2D eigenvalue weighted by Crippen LogP contribution is 2.18. The lowest BCUT2D eigenvalue weighted by atomic mass is 10.2. The van der Waals surface area contributed by atoms with E-state index in [0.717, 1.165) is 23.5 Å². The van der Waals surface area contributed by atoms with Crippen LogP contribution in [0.15, 0.2) is 4.99 Å². The van der Waals surface area contributed by atoms with Crippen LogP contribution < -0.4 is 10.6 Å². The molecule has 1 amide bonds. The van der Waals surface area contributed by atoms with Crippen LogP contribution in [0, 0.1) is 13.8 Å². The molecule has 1 aliphatic rings. The molecule has 0 aliphatic heterocycles. The number of nitrogens with one attached hydrogen (secondary N) is 2. The van der Waals surface area contributed by atoms with Crippen LogP contribution in [0.5, 0.6) is 0 Å². The molecule has 1 aliphatic carbocycles. The van der Waals surface area contributed by atoms with Crippen LogP contribution in [0.2, 0.25) is 0 Å². The number of hydrogen-bond donors (Lipinski definition) is 2. The van der Waals surface area contributed by atoms with Gasteiger partial charge >= 0.3 is 0 Å². The van der Waals surface area contributed by atoms with Gasteiger partial charge in [0.05, 0.1) is 12.2 Å². The lowest BCUT2D eigenvalue weighted by Gasteiger charge is -2.17. The summed E-state index contributed by atoms with van der Waals surface area (Å²) in [4.78, 5) is 23.5. The first kappa shape index (κ1) is 21.1. The molecule has 6 nitrogen and oxygen atoms in total. The van der Waals surface area contributed by atoms with Gasteiger partial charge in [-0.25, -0.2) is 9.98 Å². The molecule has 2 rings (SSSR count). The van der Waals surface area contributed by atoms with Gasteiger partial charge in [0, 0.05) is 25.0 Å². The number of amides is 1. The summed E-state index contributed by atoms with van der Waals surface area (Å²) in [6.45, 7) is 4.90. The minimum atomic E-state index is -0.00143. The number of likely N-dealkylation sites (N-methyl/N-ethyl adjacent to an activating group) is 1. The van der Waals surface area contributed by atoms with Gasteiger partial charge in [-0.1, -0.05) is 12.8 Å². The zero-order valence-corrected chi connectivity index (χ0v) is 18.0. The van der Waals surface area contributed by atoms with Gasteiger partial charge < -0.3 is 15.5 Å². The molecule has 0 saturated heterocycles. The number of halogens is 1. The Bertz CT molecular complexity index is 547. The summed E-state index contributed by atoms with van der Waals surface area (Å²) in [6, 6.07) is 0.454. The van der Waals surface area contributed by atoms with Crippen molar-refractivity contribution < 1.29 is 4.79 Å². The maximum Gasteiger partial charge on any atom is 0.243 e. The molecular formula is C16H28IN5OS. The van der Waals surface area contributed by atoms with E-state index in [1.165, 1.54) is 17.7 Å². The van der Waals surface area contributed by atoms with Crippen molar-refractivity contribution in [3.63, 3.8) is 0 Å². The number of carbonyl (C=O) groups excluding carboxylic acids is 1. The molecule has 1 fully saturated rings. The van der Waals surface area contributed by atoms with Crippen molar-refractivity contribution in [2.45, 2.75) is 52.1 Å². The Morgan fingerprint density at radius 1 is 1.33 bits per heavy atom. The van der Waals surface area contributed by atoms with E-state index >= 15 is 0 Å². The first-order valence-corrected chi connectivity index (χ1v) is 8.95. The number of thiazole rings is 1. The Kier molecular flexibility index (Phi) is 8.96. The molecule has 1 heterocycles. The minimum Gasteiger partial charge on any atom is -0.354 e. The maximum atomic E-state index is 11.8. The monoisotopic (exact) mass is 465 g/mol. The standard InChI is InChI=1S/C16H27N5OS.HI/c1-11-12(2)23-14(19-11)9-17-16(18-10-15(22)21(3)4)20-13-7-5-6-8-13;/h13H,5-10H2,1-4H3,(H2,17,18,20);1H. The van der Waals surface area contributed by atoms with Gasteiger partial charge in [-0.3, -0.25) is 4.79 Å². The molecule has 0 aromatic carbocycles. The van der Waals surface area contributed by atoms with Gasteiger partial charge in [0.25, 0.3) is 0 Å². The molecule has 1 aromatic heterocycles. The summed E-state index contributed by atoms with van der Waals surface area (Å²) in [7, 11) is 3.49. The second-order valence-corrected chi connectivity index (χ2v) is 7.47. The van der Waals surface area contributed by atoms with Gasteiger partial charge in [-0.05, 0) is 26.7 Å². The molecule has 0 bridgehead atoms. The molecule has 0 radical (unpaired) electrons. The van der Waals surface area contributed by atoms with E-state index in [4.69, 9.17) is 0 Å². The summed E-state index contributed by atoms with van der Waals surface area (Å²) in [5, 5.41) is 7.80. The summed E-state index contributed by atoms with van der Waals surface area (Å²) in [5.74, 6) is 0.705. The van der Waals surface area contributed by atoms with Crippen LogP contribution >= 0.6 is 35.3 Å². The van der Waals surface area contributed by atoms with E-state index in [1.807, 2.05) is 6.92 Å². The summed E-state index contributed by atoms with van der Waals surface area (Å²) < 4.78 is 0. The number of hydrogen-bond acceptors (Lipinski definition) is 4. The predicted octanol–water partition coefficient (Wildman–Crippen LogP) is 2.44. The third-order valence-electron chi connectivity index (χ3n) is 4.05. The topological polar surface area (TPSA) is 69.6 Å². The van der Waals surface area contributed by atoms with E-state index in [9.17, 15) is 4.79 Å². The molecule has 8 heteroatoms. The second-order valence-electron chi connectivity index (χ2n) is 6.18. The largest absolute Gasteiger partial charge is 0.354 e. The molecule has 1 aromatic rings. The highest BCUT2D eigenvalue weighted by molar-refractivity contribution is 14.0. The van der Waals surface area contributed by atoms with Crippen LogP contribution in [0.25, 0.3) is 0 Å². The summed E-state index contributed by atoms with van der Waals surface area (Å²) in [5.41, 5.74) is 1.08. The number of guanidine groups is 1. The number of aromatic nitrogens is 1. The van der Waals surface area contributed by atoms with Gasteiger partial charge in [0.2, 0.25) is 5.91 Å². The number of aryl methyl sites for hydroxylation is 2. The Labute approximate surface area is 165 Å². The predicted molar refractivity (Wildman–Crippen MR) is 110 cm³/mol. The van der Waals surface area contributed by atoms with Crippen molar-refractivity contribution >= 4 is 47.2 Å². The number of rotatable bonds is 5. The van der Waals surface area contributed by atoms with Crippen LogP contribution in [-0.2, 0) is 11.3 Å². The van der Waals surface area contributed by atoms with Crippen molar-refractivity contribution in [3.8, 4) is 0 Å². The third kappa shape index (κ3) is 6.54. The van der Waals surface area contributed by atoms with Gasteiger partial charge in [0.15, 0.2) is 5.96 Å². The molecule has 136 valence electrons. The number of carbonyl (C=O) groups is 1. The molecule has 0 spiro atoms. The first-order chi connectivity index (χ1) is 11.0. The van der Waals surface area contributed by atoms with E-state index in [0.29, 0.717) is 18.5 Å². The van der Waals surface area contributed by atoms with Gasteiger partial charge in [0.1, 0.15) is 11.6 Å². The van der Waals surface area contributed by atoms with E-state index in [2.05, 4.69) is 27.5 Å². The summed E-state index contributed by atoms with van der Waals surface area (Å²) >= 11 is 1.70. The molecule has 1 saturated carbocycles. The van der Waals surface area contributed by atoms with Crippen molar-refractivity contribution in [1.29, 1.82) is 0 Å². The summed E-state index contributed by atoms with van der Waals surface area (Å²) in [6.07, 6.45) is 4.84. The zero-order valence-electron chi connectivity index (χ0n) is 14.9. The third-order valence-corrected chi connectivity index (χ3v) is 5.12. The van der Waals surface area contributed by atoms with Crippen LogP contribution in [0.3, 0.4) is 0 Å². The van der Waals surface area contributed by atoms with Crippen LogP contribution in [0.1, 0.15) is 41.3 Å². The lowest BCUT2D eigenvalue weighted by molar-refractivity contribution is -0.127. The van der Waals surface area contributed by atoms with E-state index in [1.54, 1.807) is 30.3 Å². The van der Waals surface area contributed by atoms with Gasteiger partial charge in [-0.2, -0.15) is 0 Å². The average molecular weight is 465 g/mol. The molecule has 0 atom stereocenters. The quantitative estimate of drug-likeness (QED) is 0.398. The van der Waals surface area contributed by atoms with Crippen molar-refractivity contribution in [2.24, 2.45) is 4.99 Å². The second kappa shape index (κ2) is 10.2.